The number of benzene rings is 1. The number of nitriles is 1. The number of ketones is 1. The van der Waals surface area contributed by atoms with Gasteiger partial charge >= 0.3 is 0 Å². The van der Waals surface area contributed by atoms with Crippen LogP contribution >= 0.6 is 0 Å². The smallest absolute Gasteiger partial charge is 0.271 e. The number of aromatic nitrogens is 1. The van der Waals surface area contributed by atoms with Crippen molar-refractivity contribution >= 4 is 5.78 Å². The van der Waals surface area contributed by atoms with Gasteiger partial charge in [0.15, 0.2) is 6.61 Å². The van der Waals surface area contributed by atoms with Crippen molar-refractivity contribution in [3.8, 4) is 17.7 Å². The van der Waals surface area contributed by atoms with Crippen molar-refractivity contribution in [2.24, 2.45) is 0 Å². The summed E-state index contributed by atoms with van der Waals surface area (Å²) in [7, 11) is 0. The lowest BCUT2D eigenvalue weighted by Crippen LogP contribution is -2.27. The van der Waals surface area contributed by atoms with Crippen LogP contribution in [-0.2, 0) is 6.54 Å². The Labute approximate surface area is 152 Å². The van der Waals surface area contributed by atoms with Crippen LogP contribution in [0.15, 0.2) is 29.1 Å². The number of hydrogen-bond donors (Lipinski definition) is 1. The Morgan fingerprint density at radius 3 is 2.50 bits per heavy atom. The highest BCUT2D eigenvalue weighted by atomic mass is 16.5. The van der Waals surface area contributed by atoms with Crippen LogP contribution in [0.4, 0.5) is 0 Å². The van der Waals surface area contributed by atoms with Gasteiger partial charge in [0, 0.05) is 6.54 Å². The summed E-state index contributed by atoms with van der Waals surface area (Å²) in [5.41, 5.74) is 0.507. The number of carbonyl (C=O) groups is 1. The standard InChI is InChI=1S/C20H22N2O4/c1-4-5-10-22-19(24)16(11-21)14(3)18(20(22)25)17(23)12-26-15-8-6-13(2)7-9-15/h6-9,25H,4-5,10,12H2,1-3H3. The van der Waals surface area contributed by atoms with Crippen LogP contribution in [0.2, 0.25) is 0 Å². The fourth-order valence-corrected chi connectivity index (χ4v) is 2.66. The predicted molar refractivity (Wildman–Crippen MR) is 97.7 cm³/mol. The second kappa shape index (κ2) is 8.34. The van der Waals surface area contributed by atoms with E-state index in [0.717, 1.165) is 16.6 Å². The minimum atomic E-state index is -0.577. The fraction of sp³-hybridized carbons (Fsp3) is 0.350. The van der Waals surface area contributed by atoms with E-state index in [1.165, 1.54) is 6.92 Å². The molecule has 0 amide bonds. The van der Waals surface area contributed by atoms with Gasteiger partial charge in [0.1, 0.15) is 17.4 Å². The van der Waals surface area contributed by atoms with E-state index in [-0.39, 0.29) is 29.8 Å². The van der Waals surface area contributed by atoms with Crippen LogP contribution in [0.25, 0.3) is 0 Å². The third-order valence-electron chi connectivity index (χ3n) is 4.21. The van der Waals surface area contributed by atoms with Crippen LogP contribution < -0.4 is 10.3 Å². The number of carbonyl (C=O) groups excluding carboxylic acids is 1. The number of pyridine rings is 1. The van der Waals surface area contributed by atoms with Gasteiger partial charge in [0.25, 0.3) is 5.56 Å². The molecule has 136 valence electrons. The van der Waals surface area contributed by atoms with Gasteiger partial charge in [-0.1, -0.05) is 31.0 Å². The third-order valence-corrected chi connectivity index (χ3v) is 4.21. The first kappa shape index (κ1) is 19.3. The molecule has 1 N–H and O–H groups in total. The van der Waals surface area contributed by atoms with Crippen molar-refractivity contribution in [1.29, 1.82) is 5.26 Å². The number of Topliss-reactive ketones (excluding diaryl/α,β-unsaturated/α-hetero) is 1. The molecule has 0 atom stereocenters. The van der Waals surface area contributed by atoms with Crippen LogP contribution in [0.1, 0.15) is 46.8 Å². The molecule has 2 rings (SSSR count). The Hall–Kier alpha value is -3.07. The lowest BCUT2D eigenvalue weighted by atomic mass is 10.0. The molecule has 0 radical (unpaired) electrons. The first-order valence-electron chi connectivity index (χ1n) is 8.49. The average Bonchev–Trinajstić information content (AvgIpc) is 2.61. The summed E-state index contributed by atoms with van der Waals surface area (Å²) in [5, 5.41) is 19.8. The van der Waals surface area contributed by atoms with E-state index in [2.05, 4.69) is 0 Å². The molecular weight excluding hydrogens is 332 g/mol. The minimum absolute atomic E-state index is 0.0376. The molecule has 6 nitrogen and oxygen atoms in total. The molecule has 0 unspecified atom stereocenters. The first-order chi connectivity index (χ1) is 12.4. The maximum Gasteiger partial charge on any atom is 0.271 e. The van der Waals surface area contributed by atoms with Gasteiger partial charge in [-0.05, 0) is 38.0 Å². The van der Waals surface area contributed by atoms with Crippen LogP contribution in [0, 0.1) is 25.2 Å². The molecule has 1 heterocycles. The predicted octanol–water partition coefficient (Wildman–Crippen LogP) is 3.10. The average molecular weight is 354 g/mol. The lowest BCUT2D eigenvalue weighted by molar-refractivity contribution is 0.0916. The molecule has 0 bridgehead atoms. The van der Waals surface area contributed by atoms with Gasteiger partial charge in [0.2, 0.25) is 11.7 Å². The van der Waals surface area contributed by atoms with Crippen LogP contribution in [0.3, 0.4) is 0 Å². The largest absolute Gasteiger partial charge is 0.494 e. The summed E-state index contributed by atoms with van der Waals surface area (Å²) in [6.07, 6.45) is 1.45. The van der Waals surface area contributed by atoms with E-state index < -0.39 is 17.2 Å². The minimum Gasteiger partial charge on any atom is -0.494 e. The van der Waals surface area contributed by atoms with Gasteiger partial charge in [-0.2, -0.15) is 5.26 Å². The van der Waals surface area contributed by atoms with Crippen molar-refractivity contribution in [2.45, 2.75) is 40.2 Å². The Bertz CT molecular complexity index is 905. The quantitative estimate of drug-likeness (QED) is 0.771. The van der Waals surface area contributed by atoms with E-state index in [9.17, 15) is 20.0 Å². The highest BCUT2D eigenvalue weighted by molar-refractivity contribution is 6.01. The van der Waals surface area contributed by atoms with E-state index in [0.29, 0.717) is 12.2 Å². The monoisotopic (exact) mass is 354 g/mol. The summed E-state index contributed by atoms with van der Waals surface area (Å²) >= 11 is 0. The summed E-state index contributed by atoms with van der Waals surface area (Å²) in [6, 6.07) is 9.07. The van der Waals surface area contributed by atoms with Crippen molar-refractivity contribution in [3.05, 3.63) is 56.9 Å². The lowest BCUT2D eigenvalue weighted by Gasteiger charge is -2.15. The number of ether oxygens (including phenoxy) is 1. The van der Waals surface area contributed by atoms with Gasteiger partial charge in [0.05, 0.1) is 5.56 Å². The Balaban J connectivity index is 2.37. The molecule has 0 aliphatic heterocycles. The molecule has 0 saturated carbocycles. The van der Waals surface area contributed by atoms with Gasteiger partial charge < -0.3 is 9.84 Å². The zero-order chi connectivity index (χ0) is 19.3. The summed E-state index contributed by atoms with van der Waals surface area (Å²) in [5.74, 6) is -0.360. The fourth-order valence-electron chi connectivity index (χ4n) is 2.66. The summed E-state index contributed by atoms with van der Waals surface area (Å²) in [6.45, 7) is 5.33. The molecule has 0 fully saturated rings. The molecular formula is C20H22N2O4. The Morgan fingerprint density at radius 2 is 1.92 bits per heavy atom. The topological polar surface area (TPSA) is 92.3 Å². The first-order valence-corrected chi connectivity index (χ1v) is 8.49. The van der Waals surface area contributed by atoms with E-state index in [1.54, 1.807) is 12.1 Å². The van der Waals surface area contributed by atoms with Crippen molar-refractivity contribution < 1.29 is 14.6 Å². The number of unbranched alkanes of at least 4 members (excludes halogenated alkanes) is 1. The SMILES string of the molecule is CCCCn1c(O)c(C(=O)COc2ccc(C)cc2)c(C)c(C#N)c1=O. The Morgan fingerprint density at radius 1 is 1.27 bits per heavy atom. The van der Waals surface area contributed by atoms with Crippen molar-refractivity contribution in [2.75, 3.05) is 6.61 Å². The molecule has 0 aliphatic carbocycles. The van der Waals surface area contributed by atoms with Crippen molar-refractivity contribution in [3.63, 3.8) is 0 Å². The molecule has 2 aromatic rings. The number of nitrogens with zero attached hydrogens (tertiary/aromatic N) is 2. The number of aromatic hydroxyl groups is 1. The zero-order valence-electron chi connectivity index (χ0n) is 15.2. The van der Waals surface area contributed by atoms with E-state index in [1.807, 2.05) is 32.0 Å². The molecule has 6 heteroatoms. The van der Waals surface area contributed by atoms with Crippen molar-refractivity contribution in [1.82, 2.24) is 4.57 Å². The normalized spacial score (nSPS) is 10.4. The maximum absolute atomic E-state index is 12.6. The number of rotatable bonds is 7. The zero-order valence-corrected chi connectivity index (χ0v) is 15.2. The van der Waals surface area contributed by atoms with Gasteiger partial charge in [-0.15, -0.1) is 0 Å². The molecule has 1 aromatic heterocycles. The second-order valence-electron chi connectivity index (χ2n) is 6.15. The highest BCUT2D eigenvalue weighted by Crippen LogP contribution is 2.23. The molecule has 1 aromatic carbocycles. The van der Waals surface area contributed by atoms with Gasteiger partial charge in [-0.3, -0.25) is 14.2 Å². The van der Waals surface area contributed by atoms with Crippen LogP contribution in [-0.4, -0.2) is 22.1 Å². The molecule has 0 saturated heterocycles. The van der Waals surface area contributed by atoms with Crippen LogP contribution in [0.5, 0.6) is 11.6 Å². The number of aryl methyl sites for hydroxylation is 1. The number of hydrogen-bond acceptors (Lipinski definition) is 5. The summed E-state index contributed by atoms with van der Waals surface area (Å²) in [4.78, 5) is 25.0. The summed E-state index contributed by atoms with van der Waals surface area (Å²) < 4.78 is 6.57. The second-order valence-corrected chi connectivity index (χ2v) is 6.15. The molecule has 26 heavy (non-hydrogen) atoms. The van der Waals surface area contributed by atoms with Gasteiger partial charge in [-0.25, -0.2) is 0 Å². The van der Waals surface area contributed by atoms with E-state index in [4.69, 9.17) is 4.74 Å². The molecule has 0 aliphatic rings. The third kappa shape index (κ3) is 3.94. The Kier molecular flexibility index (Phi) is 6.18. The highest BCUT2D eigenvalue weighted by Gasteiger charge is 2.24. The maximum atomic E-state index is 12.6. The molecule has 0 spiro atoms. The van der Waals surface area contributed by atoms with E-state index >= 15 is 0 Å².